The highest BCUT2D eigenvalue weighted by Crippen LogP contribution is 2.24. The largest absolute Gasteiger partial charge is 0.748 e. The summed E-state index contributed by atoms with van der Waals surface area (Å²) in [6, 6.07) is 3.64. The van der Waals surface area contributed by atoms with Crippen molar-refractivity contribution in [2.24, 2.45) is 0 Å². The van der Waals surface area contributed by atoms with Crippen LogP contribution in [0.15, 0.2) is 24.5 Å². The minimum atomic E-state index is -4.20. The predicted molar refractivity (Wildman–Crippen MR) is 73.6 cm³/mol. The second-order valence-corrected chi connectivity index (χ2v) is 6.91. The van der Waals surface area contributed by atoms with Gasteiger partial charge in [-0.15, -0.1) is 10.2 Å². The van der Waals surface area contributed by atoms with Crippen LogP contribution in [0.5, 0.6) is 0 Å². The Bertz CT molecular complexity index is 882. The van der Waals surface area contributed by atoms with E-state index in [2.05, 4.69) is 15.3 Å². The molecule has 10 heteroatoms. The first-order valence-corrected chi connectivity index (χ1v) is 8.44. The lowest BCUT2D eigenvalue weighted by Gasteiger charge is -2.03. The predicted octanol–water partition coefficient (Wildman–Crippen LogP) is -0.00608. The molecule has 3 aromatic rings. The highest BCUT2D eigenvalue weighted by Gasteiger charge is 2.12. The number of nitrogens with zero attached hydrogens (tertiary/aromatic N) is 5. The summed E-state index contributed by atoms with van der Waals surface area (Å²) in [7, 11) is -4.20. The zero-order valence-corrected chi connectivity index (χ0v) is 12.6. The molecule has 0 atom stereocenters. The number of aromatic nitrogens is 5. The maximum atomic E-state index is 10.6. The van der Waals surface area contributed by atoms with Gasteiger partial charge in [-0.3, -0.25) is 0 Å². The van der Waals surface area contributed by atoms with E-state index in [1.165, 1.54) is 11.3 Å². The van der Waals surface area contributed by atoms with E-state index in [0.29, 0.717) is 0 Å². The Morgan fingerprint density at radius 1 is 1.33 bits per heavy atom. The molecule has 0 unspecified atom stereocenters. The monoisotopic (exact) mass is 325 g/mol. The molecule has 3 heterocycles. The van der Waals surface area contributed by atoms with Crippen LogP contribution < -0.4 is 4.57 Å². The van der Waals surface area contributed by atoms with Gasteiger partial charge in [-0.1, -0.05) is 11.3 Å². The van der Waals surface area contributed by atoms with Gasteiger partial charge in [-0.05, 0) is 6.92 Å². The molecule has 3 aromatic heterocycles. The summed E-state index contributed by atoms with van der Waals surface area (Å²) in [5, 5.41) is 13.1. The van der Waals surface area contributed by atoms with Gasteiger partial charge < -0.3 is 4.55 Å². The van der Waals surface area contributed by atoms with Crippen LogP contribution in [0.4, 0.5) is 0 Å². The van der Waals surface area contributed by atoms with Crippen molar-refractivity contribution in [2.75, 3.05) is 5.75 Å². The maximum absolute atomic E-state index is 10.6. The molecule has 3 rings (SSSR count). The summed E-state index contributed by atoms with van der Waals surface area (Å²) in [4.78, 5) is 0.719. The molecule has 0 spiro atoms. The van der Waals surface area contributed by atoms with E-state index >= 15 is 0 Å². The quantitative estimate of drug-likeness (QED) is 0.494. The van der Waals surface area contributed by atoms with Crippen molar-refractivity contribution in [3.8, 4) is 10.6 Å². The topological polar surface area (TPSA) is 104 Å². The molecule has 110 valence electrons. The molecule has 0 aliphatic heterocycles. The van der Waals surface area contributed by atoms with E-state index in [-0.39, 0.29) is 6.54 Å². The molecular formula is C11H11N5O3S2. The Hall–Kier alpha value is -1.91. The lowest BCUT2D eigenvalue weighted by molar-refractivity contribution is -0.692. The van der Waals surface area contributed by atoms with Crippen molar-refractivity contribution < 1.29 is 17.5 Å². The smallest absolute Gasteiger partial charge is 0.234 e. The second-order valence-electron chi connectivity index (χ2n) is 4.44. The number of fused-ring (bicyclic) bond motifs is 1. The normalized spacial score (nSPS) is 12.1. The fraction of sp³-hybridized carbons (Fsp3) is 0.273. The molecule has 0 aromatic carbocycles. The van der Waals surface area contributed by atoms with Crippen molar-refractivity contribution in [3.05, 3.63) is 30.4 Å². The minimum absolute atomic E-state index is 0.135. The van der Waals surface area contributed by atoms with Crippen molar-refractivity contribution in [2.45, 2.75) is 13.5 Å². The molecule has 0 saturated carbocycles. The number of hydrogen-bond donors (Lipinski definition) is 0. The van der Waals surface area contributed by atoms with Crippen molar-refractivity contribution in [1.82, 2.24) is 19.8 Å². The molecule has 0 bridgehead atoms. The van der Waals surface area contributed by atoms with E-state index in [9.17, 15) is 13.0 Å². The first-order valence-electron chi connectivity index (χ1n) is 6.04. The van der Waals surface area contributed by atoms with Crippen molar-refractivity contribution in [1.29, 1.82) is 0 Å². The minimum Gasteiger partial charge on any atom is -0.748 e. The van der Waals surface area contributed by atoms with E-state index in [0.717, 1.165) is 21.4 Å². The Morgan fingerprint density at radius 3 is 2.67 bits per heavy atom. The zero-order chi connectivity index (χ0) is 15.0. The second kappa shape index (κ2) is 5.13. The van der Waals surface area contributed by atoms with Crippen LogP contribution in [0.1, 0.15) is 5.82 Å². The van der Waals surface area contributed by atoms with E-state index < -0.39 is 15.9 Å². The molecule has 0 aliphatic carbocycles. The van der Waals surface area contributed by atoms with Crippen molar-refractivity contribution >= 4 is 26.4 Å². The van der Waals surface area contributed by atoms with Crippen LogP contribution in [0, 0.1) is 6.92 Å². The molecule has 0 aliphatic rings. The number of pyridine rings is 1. The van der Waals surface area contributed by atoms with Gasteiger partial charge in [0.05, 0.1) is 5.75 Å². The van der Waals surface area contributed by atoms with Gasteiger partial charge in [-0.25, -0.2) is 13.0 Å². The van der Waals surface area contributed by atoms with E-state index in [1.807, 2.05) is 19.1 Å². The first-order chi connectivity index (χ1) is 9.92. The third kappa shape index (κ3) is 3.06. The highest BCUT2D eigenvalue weighted by atomic mass is 32.2. The standard InChI is InChI=1S/C11H11N5O3S2/c1-8-12-13-11-16(8)14-10(20-11)9-2-4-15(5-3-9)6-7-21(17,18)19/h2-5H,6-7H2,1H3. The van der Waals surface area contributed by atoms with Gasteiger partial charge >= 0.3 is 0 Å². The molecule has 0 N–H and O–H groups in total. The third-order valence-corrected chi connectivity index (χ3v) is 4.51. The molecule has 0 fully saturated rings. The van der Waals surface area contributed by atoms with Gasteiger partial charge in [0, 0.05) is 17.7 Å². The summed E-state index contributed by atoms with van der Waals surface area (Å²) in [6.07, 6.45) is 3.44. The molecular weight excluding hydrogens is 314 g/mol. The van der Waals surface area contributed by atoms with Crippen LogP contribution in [-0.2, 0) is 16.7 Å². The molecule has 0 amide bonds. The third-order valence-electron chi connectivity index (χ3n) is 2.88. The van der Waals surface area contributed by atoms with E-state index in [1.54, 1.807) is 21.5 Å². The molecule has 0 radical (unpaired) electrons. The summed E-state index contributed by atoms with van der Waals surface area (Å²) in [6.45, 7) is 1.96. The lowest BCUT2D eigenvalue weighted by Crippen LogP contribution is -2.36. The molecule has 0 saturated heterocycles. The average molecular weight is 325 g/mol. The van der Waals surface area contributed by atoms with Crippen LogP contribution in [-0.4, -0.2) is 38.5 Å². The van der Waals surface area contributed by atoms with Crippen LogP contribution in [0.3, 0.4) is 0 Å². The van der Waals surface area contributed by atoms with E-state index in [4.69, 9.17) is 0 Å². The summed E-state index contributed by atoms with van der Waals surface area (Å²) in [5.41, 5.74) is 0.895. The van der Waals surface area contributed by atoms with Gasteiger partial charge in [0.15, 0.2) is 24.8 Å². The number of rotatable bonds is 4. The number of hydrogen-bond acceptors (Lipinski definition) is 7. The van der Waals surface area contributed by atoms with Crippen LogP contribution >= 0.6 is 11.3 Å². The molecule has 21 heavy (non-hydrogen) atoms. The average Bonchev–Trinajstić information content (AvgIpc) is 2.99. The molecule has 8 nitrogen and oxygen atoms in total. The Kier molecular flexibility index (Phi) is 3.43. The fourth-order valence-electron chi connectivity index (χ4n) is 1.80. The first kappa shape index (κ1) is 14.0. The van der Waals surface area contributed by atoms with Gasteiger partial charge in [0.1, 0.15) is 15.1 Å². The Balaban J connectivity index is 1.83. The lowest BCUT2D eigenvalue weighted by atomic mass is 10.3. The maximum Gasteiger partial charge on any atom is 0.234 e. The van der Waals surface area contributed by atoms with Crippen molar-refractivity contribution in [3.63, 3.8) is 0 Å². The summed E-state index contributed by atoms with van der Waals surface area (Å²) in [5.74, 6) is 0.298. The number of aryl methyl sites for hydroxylation is 2. The van der Waals surface area contributed by atoms with Gasteiger partial charge in [0.2, 0.25) is 4.96 Å². The summed E-state index contributed by atoms with van der Waals surface area (Å²) < 4.78 is 35.1. The zero-order valence-electron chi connectivity index (χ0n) is 11.0. The highest BCUT2D eigenvalue weighted by molar-refractivity contribution is 7.85. The Morgan fingerprint density at radius 2 is 2.05 bits per heavy atom. The SMILES string of the molecule is Cc1nnc2sc(-c3cc[n+](CCS(=O)(=O)[O-])cc3)nn12. The fourth-order valence-corrected chi connectivity index (χ4v) is 3.12. The van der Waals surface area contributed by atoms with Crippen LogP contribution in [0.2, 0.25) is 0 Å². The van der Waals surface area contributed by atoms with Crippen LogP contribution in [0.25, 0.3) is 15.5 Å². The van der Waals surface area contributed by atoms with Gasteiger partial charge in [-0.2, -0.15) is 9.61 Å². The van der Waals surface area contributed by atoms with Gasteiger partial charge in [0.25, 0.3) is 0 Å². The Labute approximate surface area is 124 Å². The summed E-state index contributed by atoms with van der Waals surface area (Å²) >= 11 is 1.42.